The highest BCUT2D eigenvalue weighted by molar-refractivity contribution is 8.01. The number of carbonyl (C=O) groups excluding carboxylic acids is 2. The van der Waals surface area contributed by atoms with E-state index in [2.05, 4.69) is 20.8 Å². The first-order valence-electron chi connectivity index (χ1n) is 8.86. The van der Waals surface area contributed by atoms with Gasteiger partial charge in [-0.1, -0.05) is 59.5 Å². The standard InChI is InChI=1S/C20H20N4O3S2/c1-27-16-9-5-8-15(12-16)18(26)22-19-23-24-20(29-19)28-13-17(25)21-11-10-14-6-3-2-4-7-14/h2-9,12H,10-11,13H2,1H3,(H,21,25)(H,22,23,26). The van der Waals surface area contributed by atoms with E-state index >= 15 is 0 Å². The van der Waals surface area contributed by atoms with E-state index in [9.17, 15) is 9.59 Å². The van der Waals surface area contributed by atoms with Crippen LogP contribution in [0.4, 0.5) is 5.13 Å². The largest absolute Gasteiger partial charge is 0.497 e. The molecule has 0 unspecified atom stereocenters. The molecule has 1 aromatic heterocycles. The second-order valence-electron chi connectivity index (χ2n) is 5.93. The topological polar surface area (TPSA) is 93.2 Å². The van der Waals surface area contributed by atoms with Crippen molar-refractivity contribution < 1.29 is 14.3 Å². The number of ether oxygens (including phenoxy) is 1. The van der Waals surface area contributed by atoms with Crippen molar-refractivity contribution in [3.05, 3.63) is 65.7 Å². The molecule has 3 aromatic rings. The van der Waals surface area contributed by atoms with Crippen molar-refractivity contribution in [3.63, 3.8) is 0 Å². The molecule has 0 radical (unpaired) electrons. The molecule has 0 aliphatic carbocycles. The van der Waals surface area contributed by atoms with Crippen molar-refractivity contribution in [1.29, 1.82) is 0 Å². The number of aromatic nitrogens is 2. The molecular weight excluding hydrogens is 408 g/mol. The molecule has 1 heterocycles. The first-order valence-corrected chi connectivity index (χ1v) is 10.7. The highest BCUT2D eigenvalue weighted by Crippen LogP contribution is 2.25. The molecule has 0 fully saturated rings. The van der Waals surface area contributed by atoms with E-state index < -0.39 is 0 Å². The van der Waals surface area contributed by atoms with Crippen molar-refractivity contribution in [2.75, 3.05) is 24.7 Å². The third-order valence-electron chi connectivity index (χ3n) is 3.86. The number of hydrogen-bond acceptors (Lipinski definition) is 7. The molecule has 0 saturated carbocycles. The number of benzene rings is 2. The Bertz CT molecular complexity index is 963. The molecule has 2 N–H and O–H groups in total. The zero-order valence-corrected chi connectivity index (χ0v) is 17.4. The Morgan fingerprint density at radius 1 is 1.10 bits per heavy atom. The maximum Gasteiger partial charge on any atom is 0.257 e. The van der Waals surface area contributed by atoms with E-state index in [1.165, 1.54) is 28.7 Å². The Kier molecular flexibility index (Phi) is 7.60. The lowest BCUT2D eigenvalue weighted by Crippen LogP contribution is -2.27. The van der Waals surface area contributed by atoms with Crippen LogP contribution in [0.3, 0.4) is 0 Å². The fourth-order valence-corrected chi connectivity index (χ4v) is 4.00. The van der Waals surface area contributed by atoms with Crippen LogP contribution in [0.2, 0.25) is 0 Å². The van der Waals surface area contributed by atoms with Gasteiger partial charge in [0.05, 0.1) is 12.9 Å². The molecule has 2 amide bonds. The molecule has 9 heteroatoms. The Labute approximate surface area is 176 Å². The minimum absolute atomic E-state index is 0.0666. The summed E-state index contributed by atoms with van der Waals surface area (Å²) in [5.74, 6) is 0.482. The molecule has 0 aliphatic rings. The summed E-state index contributed by atoms with van der Waals surface area (Å²) >= 11 is 2.51. The zero-order valence-electron chi connectivity index (χ0n) is 15.8. The van der Waals surface area contributed by atoms with Gasteiger partial charge in [0.1, 0.15) is 5.75 Å². The average Bonchev–Trinajstić information content (AvgIpc) is 3.20. The molecule has 0 aliphatic heterocycles. The molecule has 3 rings (SSSR count). The Balaban J connectivity index is 1.42. The van der Waals surface area contributed by atoms with Gasteiger partial charge in [0.2, 0.25) is 11.0 Å². The Morgan fingerprint density at radius 2 is 1.93 bits per heavy atom. The molecule has 0 spiro atoms. The maximum atomic E-state index is 12.3. The Hall–Kier alpha value is -2.91. The van der Waals surface area contributed by atoms with Crippen molar-refractivity contribution in [3.8, 4) is 5.75 Å². The summed E-state index contributed by atoms with van der Waals surface area (Å²) in [5, 5.41) is 13.9. The number of nitrogens with one attached hydrogen (secondary N) is 2. The van der Waals surface area contributed by atoms with E-state index in [4.69, 9.17) is 4.74 Å². The Morgan fingerprint density at radius 3 is 2.72 bits per heavy atom. The van der Waals surface area contributed by atoms with Crippen molar-refractivity contribution >= 4 is 40.0 Å². The van der Waals surface area contributed by atoms with Crippen LogP contribution in [0.5, 0.6) is 5.75 Å². The van der Waals surface area contributed by atoms with Crippen LogP contribution in [-0.2, 0) is 11.2 Å². The molecular formula is C20H20N4O3S2. The number of hydrogen-bond donors (Lipinski definition) is 2. The van der Waals surface area contributed by atoms with Crippen LogP contribution in [0.15, 0.2) is 58.9 Å². The quantitative estimate of drug-likeness (QED) is 0.401. The van der Waals surface area contributed by atoms with Gasteiger partial charge in [-0.05, 0) is 30.2 Å². The van der Waals surface area contributed by atoms with Gasteiger partial charge in [-0.15, -0.1) is 10.2 Å². The van der Waals surface area contributed by atoms with E-state index in [0.29, 0.717) is 27.3 Å². The highest BCUT2D eigenvalue weighted by atomic mass is 32.2. The van der Waals surface area contributed by atoms with E-state index in [0.717, 1.165) is 6.42 Å². The lowest BCUT2D eigenvalue weighted by Gasteiger charge is -2.04. The number of amides is 2. The lowest BCUT2D eigenvalue weighted by atomic mass is 10.1. The van der Waals surface area contributed by atoms with Gasteiger partial charge in [-0.25, -0.2) is 0 Å². The normalized spacial score (nSPS) is 10.4. The van der Waals surface area contributed by atoms with Crippen molar-refractivity contribution in [2.45, 2.75) is 10.8 Å². The first kappa shape index (κ1) is 20.8. The van der Waals surface area contributed by atoms with Crippen LogP contribution in [-0.4, -0.2) is 41.4 Å². The van der Waals surface area contributed by atoms with Gasteiger partial charge in [0.25, 0.3) is 5.91 Å². The molecule has 0 saturated heterocycles. The summed E-state index contributed by atoms with van der Waals surface area (Å²) in [6.45, 7) is 0.585. The van der Waals surface area contributed by atoms with Crippen molar-refractivity contribution in [1.82, 2.24) is 15.5 Å². The average molecular weight is 429 g/mol. The summed E-state index contributed by atoms with van der Waals surface area (Å²) < 4.78 is 5.74. The molecule has 7 nitrogen and oxygen atoms in total. The minimum atomic E-state index is -0.296. The van der Waals surface area contributed by atoms with Crippen LogP contribution in [0.1, 0.15) is 15.9 Å². The number of methoxy groups -OCH3 is 1. The predicted octanol–water partition coefficient (Wildman–Crippen LogP) is 3.25. The number of carbonyl (C=O) groups is 2. The number of anilines is 1. The van der Waals surface area contributed by atoms with E-state index in [1.807, 2.05) is 30.3 Å². The fourth-order valence-electron chi connectivity index (χ4n) is 2.42. The molecule has 0 bridgehead atoms. The van der Waals surface area contributed by atoms with Gasteiger partial charge in [-0.2, -0.15) is 0 Å². The third-order valence-corrected chi connectivity index (χ3v) is 5.84. The molecule has 29 heavy (non-hydrogen) atoms. The first-order chi connectivity index (χ1) is 14.1. The monoisotopic (exact) mass is 428 g/mol. The number of thioether (sulfide) groups is 1. The molecule has 150 valence electrons. The second-order valence-corrected chi connectivity index (χ2v) is 8.13. The zero-order chi connectivity index (χ0) is 20.5. The fraction of sp³-hybridized carbons (Fsp3) is 0.200. The highest BCUT2D eigenvalue weighted by Gasteiger charge is 2.12. The third kappa shape index (κ3) is 6.58. The van der Waals surface area contributed by atoms with E-state index in [1.54, 1.807) is 31.4 Å². The molecule has 0 atom stereocenters. The van der Waals surface area contributed by atoms with Crippen LogP contribution in [0.25, 0.3) is 0 Å². The summed E-state index contributed by atoms with van der Waals surface area (Å²) in [5.41, 5.74) is 1.65. The van der Waals surface area contributed by atoms with Gasteiger partial charge in [-0.3, -0.25) is 14.9 Å². The number of nitrogens with zero attached hydrogens (tertiary/aromatic N) is 2. The van der Waals surface area contributed by atoms with Gasteiger partial charge in [0.15, 0.2) is 4.34 Å². The van der Waals surface area contributed by atoms with Crippen LogP contribution >= 0.6 is 23.1 Å². The summed E-state index contributed by atoms with van der Waals surface area (Å²) in [6, 6.07) is 16.8. The predicted molar refractivity (Wildman–Crippen MR) is 115 cm³/mol. The smallest absolute Gasteiger partial charge is 0.257 e. The maximum absolute atomic E-state index is 12.3. The molecule has 2 aromatic carbocycles. The minimum Gasteiger partial charge on any atom is -0.497 e. The SMILES string of the molecule is COc1cccc(C(=O)Nc2nnc(SCC(=O)NCCc3ccccc3)s2)c1. The second kappa shape index (κ2) is 10.6. The summed E-state index contributed by atoms with van der Waals surface area (Å²) in [7, 11) is 1.54. The lowest BCUT2D eigenvalue weighted by molar-refractivity contribution is -0.118. The van der Waals surface area contributed by atoms with Gasteiger partial charge < -0.3 is 10.1 Å². The summed E-state index contributed by atoms with van der Waals surface area (Å²) in [6.07, 6.45) is 0.788. The van der Waals surface area contributed by atoms with Gasteiger partial charge >= 0.3 is 0 Å². The van der Waals surface area contributed by atoms with Crippen LogP contribution < -0.4 is 15.4 Å². The summed E-state index contributed by atoms with van der Waals surface area (Å²) in [4.78, 5) is 24.3. The van der Waals surface area contributed by atoms with Gasteiger partial charge in [0, 0.05) is 12.1 Å². The van der Waals surface area contributed by atoms with E-state index in [-0.39, 0.29) is 17.6 Å². The van der Waals surface area contributed by atoms with Crippen molar-refractivity contribution in [2.24, 2.45) is 0 Å². The van der Waals surface area contributed by atoms with Crippen LogP contribution in [0, 0.1) is 0 Å². The number of rotatable bonds is 9.